The summed E-state index contributed by atoms with van der Waals surface area (Å²) in [5, 5.41) is 9.03. The maximum absolute atomic E-state index is 12.6. The van der Waals surface area contributed by atoms with Crippen molar-refractivity contribution in [2.24, 2.45) is 22.7 Å². The van der Waals surface area contributed by atoms with Crippen LogP contribution in [0, 0.1) is 22.7 Å². The van der Waals surface area contributed by atoms with Crippen molar-refractivity contribution in [1.29, 1.82) is 0 Å². The molecule has 0 aromatic carbocycles. The summed E-state index contributed by atoms with van der Waals surface area (Å²) in [6.45, 7) is 4.16. The van der Waals surface area contributed by atoms with Crippen molar-refractivity contribution in [3.05, 3.63) is 12.2 Å². The minimum atomic E-state index is -0.826. The number of carboxylic acid groups (broad SMARTS) is 1. The Kier molecular flexibility index (Phi) is 2.43. The lowest BCUT2D eigenvalue weighted by Crippen LogP contribution is -2.55. The van der Waals surface area contributed by atoms with Gasteiger partial charge >= 0.3 is 5.97 Å². The molecule has 2 saturated carbocycles. The molecule has 4 heteroatoms. The lowest BCUT2D eigenvalue weighted by molar-refractivity contribution is -0.170. The molecule has 2 saturated heterocycles. The minimum absolute atomic E-state index is 0.0392. The summed E-state index contributed by atoms with van der Waals surface area (Å²) in [5.74, 6) is -0.0482. The average molecular weight is 290 g/mol. The van der Waals surface area contributed by atoms with Gasteiger partial charge in [-0.15, -0.1) is 0 Å². The van der Waals surface area contributed by atoms with Gasteiger partial charge in [-0.2, -0.15) is 0 Å². The predicted octanol–water partition coefficient (Wildman–Crippen LogP) is 2.57. The molecule has 1 spiro atoms. The van der Waals surface area contributed by atoms with Crippen LogP contribution in [0.1, 0.15) is 46.0 Å². The fourth-order valence-electron chi connectivity index (χ4n) is 6.06. The number of carbonyl (C=O) groups excluding carboxylic acids is 1. The van der Waals surface area contributed by atoms with E-state index in [1.54, 1.807) is 6.08 Å². The molecular formula is C17H22O4. The van der Waals surface area contributed by atoms with Crippen LogP contribution >= 0.6 is 0 Å². The highest BCUT2D eigenvalue weighted by molar-refractivity contribution is 5.96. The zero-order valence-corrected chi connectivity index (χ0v) is 12.6. The van der Waals surface area contributed by atoms with Crippen molar-refractivity contribution in [3.8, 4) is 0 Å². The number of hydrogen-bond donors (Lipinski definition) is 1. The van der Waals surface area contributed by atoms with E-state index in [-0.39, 0.29) is 35.2 Å². The van der Waals surface area contributed by atoms with Crippen LogP contribution in [0.25, 0.3) is 0 Å². The molecule has 3 aliphatic carbocycles. The largest absolute Gasteiger partial charge is 0.481 e. The van der Waals surface area contributed by atoms with Gasteiger partial charge in [0, 0.05) is 17.8 Å². The summed E-state index contributed by atoms with van der Waals surface area (Å²) in [7, 11) is 0. The fraction of sp³-hybridized carbons (Fsp3) is 0.765. The summed E-state index contributed by atoms with van der Waals surface area (Å²) in [6.07, 6.45) is 7.64. The van der Waals surface area contributed by atoms with Crippen molar-refractivity contribution in [1.82, 2.24) is 0 Å². The smallest absolute Gasteiger partial charge is 0.303 e. The third-order valence-corrected chi connectivity index (χ3v) is 6.55. The third-order valence-electron chi connectivity index (χ3n) is 6.55. The molecule has 21 heavy (non-hydrogen) atoms. The molecule has 0 amide bonds. The molecule has 2 aliphatic heterocycles. The van der Waals surface area contributed by atoms with E-state index in [2.05, 4.69) is 13.0 Å². The molecule has 6 atom stereocenters. The van der Waals surface area contributed by atoms with Crippen molar-refractivity contribution in [3.63, 3.8) is 0 Å². The predicted molar refractivity (Wildman–Crippen MR) is 75.7 cm³/mol. The molecule has 5 aliphatic rings. The number of aliphatic carboxylic acids is 1. The number of carboxylic acids is 1. The van der Waals surface area contributed by atoms with Gasteiger partial charge < -0.3 is 9.84 Å². The Morgan fingerprint density at radius 3 is 2.90 bits per heavy atom. The molecule has 2 heterocycles. The van der Waals surface area contributed by atoms with E-state index in [0.29, 0.717) is 12.3 Å². The molecule has 5 rings (SSSR count). The lowest BCUT2D eigenvalue weighted by Gasteiger charge is -2.54. The second-order valence-corrected chi connectivity index (χ2v) is 8.10. The quantitative estimate of drug-likeness (QED) is 0.867. The van der Waals surface area contributed by atoms with Gasteiger partial charge in [-0.25, -0.2) is 0 Å². The van der Waals surface area contributed by atoms with E-state index in [4.69, 9.17) is 9.84 Å². The maximum Gasteiger partial charge on any atom is 0.303 e. The van der Waals surface area contributed by atoms with Crippen molar-refractivity contribution >= 4 is 11.8 Å². The van der Waals surface area contributed by atoms with E-state index >= 15 is 0 Å². The van der Waals surface area contributed by atoms with Crippen LogP contribution in [0.2, 0.25) is 0 Å². The van der Waals surface area contributed by atoms with Gasteiger partial charge in [0.2, 0.25) is 0 Å². The Bertz CT molecular complexity index is 567. The molecule has 0 aromatic heterocycles. The topological polar surface area (TPSA) is 63.6 Å². The molecule has 4 bridgehead atoms. The maximum atomic E-state index is 12.6. The summed E-state index contributed by atoms with van der Waals surface area (Å²) < 4.78 is 6.32. The highest BCUT2D eigenvalue weighted by Crippen LogP contribution is 2.71. The monoisotopic (exact) mass is 290 g/mol. The molecule has 6 unspecified atom stereocenters. The van der Waals surface area contributed by atoms with Crippen LogP contribution in [-0.2, 0) is 14.3 Å². The summed E-state index contributed by atoms with van der Waals surface area (Å²) in [5.41, 5.74) is -0.567. The van der Waals surface area contributed by atoms with Crippen LogP contribution in [0.5, 0.6) is 0 Å². The first-order chi connectivity index (χ1) is 9.78. The SMILES string of the molecule is CC12CC3CC4(C=CC(=O)C(C)(CCC(=O)O)C4C3O1)C2. The van der Waals surface area contributed by atoms with Crippen molar-refractivity contribution in [2.45, 2.75) is 57.7 Å². The normalized spacial score (nSPS) is 53.2. The van der Waals surface area contributed by atoms with Crippen LogP contribution in [0.15, 0.2) is 12.2 Å². The number of allylic oxidation sites excluding steroid dienone is 2. The molecule has 0 radical (unpaired) electrons. The van der Waals surface area contributed by atoms with E-state index in [1.807, 2.05) is 6.92 Å². The Balaban J connectivity index is 1.76. The minimum Gasteiger partial charge on any atom is -0.481 e. The van der Waals surface area contributed by atoms with Gasteiger partial charge in [-0.1, -0.05) is 13.0 Å². The van der Waals surface area contributed by atoms with Crippen molar-refractivity contribution < 1.29 is 19.4 Å². The number of rotatable bonds is 3. The number of ketones is 1. The highest BCUT2D eigenvalue weighted by atomic mass is 16.5. The van der Waals surface area contributed by atoms with E-state index in [9.17, 15) is 9.59 Å². The zero-order chi connectivity index (χ0) is 15.0. The van der Waals surface area contributed by atoms with Gasteiger partial charge in [0.05, 0.1) is 11.7 Å². The summed E-state index contributed by atoms with van der Waals surface area (Å²) in [6, 6.07) is 0. The van der Waals surface area contributed by atoms with Crippen LogP contribution in [-0.4, -0.2) is 28.6 Å². The van der Waals surface area contributed by atoms with Crippen LogP contribution in [0.3, 0.4) is 0 Å². The number of carbonyl (C=O) groups is 2. The Labute approximate surface area is 124 Å². The van der Waals surface area contributed by atoms with Gasteiger partial charge in [-0.05, 0) is 50.0 Å². The first-order valence-corrected chi connectivity index (χ1v) is 7.91. The molecule has 4 fully saturated rings. The van der Waals surface area contributed by atoms with Gasteiger partial charge in [0.1, 0.15) is 0 Å². The lowest BCUT2D eigenvalue weighted by atomic mass is 9.53. The first kappa shape index (κ1) is 13.5. The second kappa shape index (κ2) is 3.78. The Hall–Kier alpha value is -1.16. The van der Waals surface area contributed by atoms with Crippen LogP contribution < -0.4 is 0 Å². The number of ether oxygens (including phenoxy) is 1. The molecule has 114 valence electrons. The van der Waals surface area contributed by atoms with Gasteiger partial charge in [0.25, 0.3) is 0 Å². The highest BCUT2D eigenvalue weighted by Gasteiger charge is 2.71. The fourth-order valence-corrected chi connectivity index (χ4v) is 6.06. The molecule has 4 nitrogen and oxygen atoms in total. The average Bonchev–Trinajstić information content (AvgIpc) is 2.75. The van der Waals surface area contributed by atoms with Crippen molar-refractivity contribution in [2.75, 3.05) is 0 Å². The molecular weight excluding hydrogens is 268 g/mol. The Morgan fingerprint density at radius 2 is 2.19 bits per heavy atom. The van der Waals surface area contributed by atoms with Gasteiger partial charge in [0.15, 0.2) is 5.78 Å². The second-order valence-electron chi connectivity index (χ2n) is 8.10. The van der Waals surface area contributed by atoms with E-state index in [0.717, 1.165) is 19.3 Å². The van der Waals surface area contributed by atoms with E-state index in [1.165, 1.54) is 0 Å². The first-order valence-electron chi connectivity index (χ1n) is 7.91. The van der Waals surface area contributed by atoms with Crippen LogP contribution in [0.4, 0.5) is 0 Å². The Morgan fingerprint density at radius 1 is 1.43 bits per heavy atom. The number of hydrogen-bond acceptors (Lipinski definition) is 3. The van der Waals surface area contributed by atoms with Gasteiger partial charge in [-0.3, -0.25) is 9.59 Å². The summed E-state index contributed by atoms with van der Waals surface area (Å²) in [4.78, 5) is 23.6. The zero-order valence-electron chi connectivity index (χ0n) is 12.6. The third kappa shape index (κ3) is 1.60. The molecule has 1 N–H and O–H groups in total. The van der Waals surface area contributed by atoms with E-state index < -0.39 is 11.4 Å². The standard InChI is InChI=1S/C17H22O4/c1-15-7-10-8-17(9-15)6-3-11(18)16(2,5-4-12(19)20)14(17)13(10)21-15/h3,6,10,13-14H,4-5,7-9H2,1-2H3,(H,19,20). The molecule has 0 aromatic rings. The summed E-state index contributed by atoms with van der Waals surface area (Å²) >= 11 is 0.